The molecule has 0 bridgehead atoms. The molecular weight excluding hydrogens is 334 g/mol. The van der Waals surface area contributed by atoms with Crippen LogP contribution in [0.1, 0.15) is 0 Å². The van der Waals surface area contributed by atoms with Crippen LogP contribution in [0.2, 0.25) is 0 Å². The van der Waals surface area contributed by atoms with Gasteiger partial charge in [0.15, 0.2) is 0 Å². The molecule has 0 saturated carbocycles. The third-order valence-electron chi connectivity index (χ3n) is 2.63. The third-order valence-corrected chi connectivity index (χ3v) is 3.68. The van der Waals surface area contributed by atoms with E-state index >= 15 is 0 Å². The van der Waals surface area contributed by atoms with Gasteiger partial charge in [0.2, 0.25) is 5.91 Å². The van der Waals surface area contributed by atoms with Crippen LogP contribution in [0.25, 0.3) is 0 Å². The highest BCUT2D eigenvalue weighted by atomic mass is 32.2. The lowest BCUT2D eigenvalue weighted by Gasteiger charge is -2.11. The summed E-state index contributed by atoms with van der Waals surface area (Å²) >= 11 is 0.860. The molecule has 3 nitrogen and oxygen atoms in total. The molecule has 122 valence electrons. The van der Waals surface area contributed by atoms with Gasteiger partial charge in [0.1, 0.15) is 17.4 Å². The lowest BCUT2D eigenvalue weighted by Crippen LogP contribution is -2.15. The average Bonchev–Trinajstić information content (AvgIpc) is 2.48. The molecule has 0 saturated heterocycles. The number of anilines is 1. The van der Waals surface area contributed by atoms with Crippen molar-refractivity contribution in [3.63, 3.8) is 0 Å². The van der Waals surface area contributed by atoms with Crippen molar-refractivity contribution >= 4 is 23.4 Å². The van der Waals surface area contributed by atoms with Crippen LogP contribution in [0.4, 0.5) is 23.2 Å². The summed E-state index contributed by atoms with van der Waals surface area (Å²) in [7, 11) is 0. The zero-order valence-electron chi connectivity index (χ0n) is 11.6. The first kappa shape index (κ1) is 17.1. The van der Waals surface area contributed by atoms with Gasteiger partial charge in [0, 0.05) is 11.0 Å². The molecule has 1 N–H and O–H groups in total. The van der Waals surface area contributed by atoms with E-state index in [0.29, 0.717) is 6.07 Å². The second-order valence-corrected chi connectivity index (χ2v) is 5.30. The topological polar surface area (TPSA) is 38.3 Å². The minimum atomic E-state index is -3.02. The van der Waals surface area contributed by atoms with Gasteiger partial charge in [-0.3, -0.25) is 4.79 Å². The molecule has 2 aromatic rings. The Morgan fingerprint density at radius 1 is 1.17 bits per heavy atom. The molecule has 0 unspecified atom stereocenters. The van der Waals surface area contributed by atoms with Crippen molar-refractivity contribution in [2.24, 2.45) is 0 Å². The molecule has 0 aliphatic carbocycles. The number of halogens is 4. The fraction of sp³-hybridized carbons (Fsp3) is 0.133. The predicted molar refractivity (Wildman–Crippen MR) is 78.8 cm³/mol. The molecule has 2 rings (SSSR count). The van der Waals surface area contributed by atoms with E-state index in [1.165, 1.54) is 24.3 Å². The van der Waals surface area contributed by atoms with Crippen molar-refractivity contribution in [1.29, 1.82) is 0 Å². The number of benzene rings is 2. The van der Waals surface area contributed by atoms with Gasteiger partial charge in [-0.25, -0.2) is 8.78 Å². The summed E-state index contributed by atoms with van der Waals surface area (Å²) in [6.45, 7) is -3.02. The Morgan fingerprint density at radius 2 is 1.91 bits per heavy atom. The summed E-state index contributed by atoms with van der Waals surface area (Å²) in [6.07, 6.45) is 0. The van der Waals surface area contributed by atoms with Crippen LogP contribution in [0.3, 0.4) is 0 Å². The molecular formula is C15H11F4NO2S. The maximum atomic E-state index is 13.4. The van der Waals surface area contributed by atoms with Crippen molar-refractivity contribution < 1.29 is 27.1 Å². The Bertz CT molecular complexity index is 697. The molecule has 23 heavy (non-hydrogen) atoms. The number of amides is 1. The maximum absolute atomic E-state index is 13.4. The van der Waals surface area contributed by atoms with Gasteiger partial charge in [-0.1, -0.05) is 12.1 Å². The molecule has 0 aliphatic heterocycles. The lowest BCUT2D eigenvalue weighted by molar-refractivity contribution is -0.113. The number of hydrogen-bond acceptors (Lipinski definition) is 3. The van der Waals surface area contributed by atoms with Crippen molar-refractivity contribution in [3.8, 4) is 5.75 Å². The van der Waals surface area contributed by atoms with Crippen LogP contribution in [0.5, 0.6) is 5.75 Å². The molecule has 0 heterocycles. The highest BCUT2D eigenvalue weighted by Gasteiger charge is 2.12. The van der Waals surface area contributed by atoms with Crippen LogP contribution in [0.15, 0.2) is 47.4 Å². The molecule has 0 radical (unpaired) electrons. The van der Waals surface area contributed by atoms with Crippen molar-refractivity contribution in [3.05, 3.63) is 54.1 Å². The Labute approximate surface area is 133 Å². The summed E-state index contributed by atoms with van der Waals surface area (Å²) in [4.78, 5) is 11.9. The van der Waals surface area contributed by atoms with Gasteiger partial charge in [-0.05, 0) is 24.3 Å². The molecule has 0 spiro atoms. The summed E-state index contributed by atoms with van der Waals surface area (Å²) in [5.41, 5.74) is 0.0815. The average molecular weight is 345 g/mol. The normalized spacial score (nSPS) is 10.7. The summed E-state index contributed by atoms with van der Waals surface area (Å²) in [5.74, 6) is -2.37. The maximum Gasteiger partial charge on any atom is 0.387 e. The first-order valence-corrected chi connectivity index (χ1v) is 7.36. The van der Waals surface area contributed by atoms with E-state index in [2.05, 4.69) is 10.1 Å². The number of carbonyl (C=O) groups is 1. The Hall–Kier alpha value is -2.22. The number of thioether (sulfide) groups is 1. The first-order valence-electron chi connectivity index (χ1n) is 6.37. The lowest BCUT2D eigenvalue weighted by atomic mass is 10.3. The van der Waals surface area contributed by atoms with Crippen LogP contribution in [0, 0.1) is 11.6 Å². The fourth-order valence-electron chi connectivity index (χ4n) is 1.69. The molecule has 0 aromatic heterocycles. The van der Waals surface area contributed by atoms with Gasteiger partial charge in [0.05, 0.1) is 11.4 Å². The number of ether oxygens (including phenoxy) is 1. The predicted octanol–water partition coefficient (Wildman–Crippen LogP) is 4.30. The van der Waals surface area contributed by atoms with E-state index in [-0.39, 0.29) is 22.1 Å². The number of nitrogens with one attached hydrogen (secondary N) is 1. The highest BCUT2D eigenvalue weighted by Crippen LogP contribution is 2.27. The second-order valence-electron chi connectivity index (χ2n) is 4.29. The number of alkyl halides is 2. The molecule has 1 amide bonds. The molecule has 0 atom stereocenters. The van der Waals surface area contributed by atoms with Crippen LogP contribution in [-0.2, 0) is 4.79 Å². The molecule has 2 aromatic carbocycles. The van der Waals surface area contributed by atoms with Gasteiger partial charge in [-0.2, -0.15) is 8.78 Å². The quantitative estimate of drug-likeness (QED) is 0.627. The number of carbonyl (C=O) groups excluding carboxylic acids is 1. The standard InChI is InChI=1S/C15H11F4NO2S/c16-9-5-6-13(10(17)7-9)23-8-14(21)20-11-3-1-2-4-12(11)22-15(18)19/h1-7,15H,8H2,(H,20,21). The van der Waals surface area contributed by atoms with E-state index in [9.17, 15) is 22.4 Å². The van der Waals surface area contributed by atoms with Gasteiger partial charge < -0.3 is 10.1 Å². The summed E-state index contributed by atoms with van der Waals surface area (Å²) < 4.78 is 55.0. The first-order chi connectivity index (χ1) is 11.0. The Morgan fingerprint density at radius 3 is 2.61 bits per heavy atom. The van der Waals surface area contributed by atoms with E-state index in [1.807, 2.05) is 0 Å². The smallest absolute Gasteiger partial charge is 0.387 e. The minimum Gasteiger partial charge on any atom is -0.433 e. The van der Waals surface area contributed by atoms with Crippen molar-refractivity contribution in [2.45, 2.75) is 11.5 Å². The van der Waals surface area contributed by atoms with Crippen LogP contribution < -0.4 is 10.1 Å². The Kier molecular flexibility index (Phi) is 5.86. The Balaban J connectivity index is 1.97. The van der Waals surface area contributed by atoms with E-state index in [4.69, 9.17) is 0 Å². The number of para-hydroxylation sites is 2. The van der Waals surface area contributed by atoms with Crippen LogP contribution >= 0.6 is 11.8 Å². The summed E-state index contributed by atoms with van der Waals surface area (Å²) in [5, 5.41) is 2.40. The number of rotatable bonds is 6. The van der Waals surface area contributed by atoms with E-state index < -0.39 is 24.2 Å². The largest absolute Gasteiger partial charge is 0.433 e. The zero-order valence-corrected chi connectivity index (χ0v) is 12.4. The van der Waals surface area contributed by atoms with Crippen molar-refractivity contribution in [1.82, 2.24) is 0 Å². The van der Waals surface area contributed by atoms with Gasteiger partial charge in [-0.15, -0.1) is 11.8 Å². The third kappa shape index (κ3) is 5.17. The minimum absolute atomic E-state index is 0.0815. The second kappa shape index (κ2) is 7.87. The fourth-order valence-corrected chi connectivity index (χ4v) is 2.41. The highest BCUT2D eigenvalue weighted by molar-refractivity contribution is 8.00. The number of hydrogen-bond donors (Lipinski definition) is 1. The molecule has 0 fully saturated rings. The van der Waals surface area contributed by atoms with Gasteiger partial charge >= 0.3 is 6.61 Å². The zero-order chi connectivity index (χ0) is 16.8. The van der Waals surface area contributed by atoms with Gasteiger partial charge in [0.25, 0.3) is 0 Å². The van der Waals surface area contributed by atoms with E-state index in [0.717, 1.165) is 17.8 Å². The van der Waals surface area contributed by atoms with Crippen molar-refractivity contribution in [2.75, 3.05) is 11.1 Å². The molecule has 0 aliphatic rings. The summed E-state index contributed by atoms with van der Waals surface area (Å²) in [6, 6.07) is 8.72. The SMILES string of the molecule is O=C(CSc1ccc(F)cc1F)Nc1ccccc1OC(F)F. The van der Waals surface area contributed by atoms with Crippen LogP contribution in [-0.4, -0.2) is 18.3 Å². The monoisotopic (exact) mass is 345 g/mol. The van der Waals surface area contributed by atoms with E-state index in [1.54, 1.807) is 6.07 Å². The molecule has 8 heteroatoms.